The van der Waals surface area contributed by atoms with Crippen molar-refractivity contribution in [1.29, 1.82) is 0 Å². The van der Waals surface area contributed by atoms with Gasteiger partial charge in [0, 0.05) is 23.9 Å². The Balaban J connectivity index is 1.92. The number of benzene rings is 1. The molecule has 3 heteroatoms. The summed E-state index contributed by atoms with van der Waals surface area (Å²) in [6.45, 7) is 11.8. The molecule has 1 aliphatic rings. The van der Waals surface area contributed by atoms with Gasteiger partial charge in [0.15, 0.2) is 0 Å². The Hall–Kier alpha value is -1.06. The van der Waals surface area contributed by atoms with Gasteiger partial charge in [-0.3, -0.25) is 0 Å². The average molecular weight is 290 g/mol. The fraction of sp³-hybridized carbons (Fsp3) is 0.667. The number of piperidine rings is 1. The van der Waals surface area contributed by atoms with Gasteiger partial charge < -0.3 is 15.0 Å². The van der Waals surface area contributed by atoms with E-state index in [9.17, 15) is 0 Å². The Morgan fingerprint density at radius 3 is 2.62 bits per heavy atom. The van der Waals surface area contributed by atoms with Crippen molar-refractivity contribution in [3.8, 4) is 0 Å². The number of nitrogens with one attached hydrogen (secondary N) is 1. The summed E-state index contributed by atoms with van der Waals surface area (Å²) in [5, 5.41) is 3.72. The van der Waals surface area contributed by atoms with E-state index in [0.29, 0.717) is 12.6 Å². The zero-order valence-corrected chi connectivity index (χ0v) is 13.8. The van der Waals surface area contributed by atoms with Gasteiger partial charge in [-0.1, -0.05) is 25.1 Å². The maximum atomic E-state index is 5.57. The predicted molar refractivity (Wildman–Crippen MR) is 89.7 cm³/mol. The number of para-hydroxylation sites is 1. The van der Waals surface area contributed by atoms with Crippen LogP contribution in [0.3, 0.4) is 0 Å². The molecule has 0 radical (unpaired) electrons. The van der Waals surface area contributed by atoms with Crippen molar-refractivity contribution in [1.82, 2.24) is 4.90 Å². The summed E-state index contributed by atoms with van der Waals surface area (Å²) >= 11 is 0. The second kappa shape index (κ2) is 8.40. The van der Waals surface area contributed by atoms with Crippen molar-refractivity contribution in [3.05, 3.63) is 29.8 Å². The molecule has 1 aromatic rings. The van der Waals surface area contributed by atoms with Crippen LogP contribution in [0.4, 0.5) is 5.69 Å². The normalized spacial score (nSPS) is 18.6. The summed E-state index contributed by atoms with van der Waals surface area (Å²) in [6.07, 6.45) is 2.60. The Morgan fingerprint density at radius 2 is 1.95 bits per heavy atom. The van der Waals surface area contributed by atoms with E-state index in [1.54, 1.807) is 0 Å². The molecule has 1 fully saturated rings. The molecule has 1 N–H and O–H groups in total. The number of likely N-dealkylation sites (tertiary alicyclic amines) is 1. The number of nitrogens with zero attached hydrogens (tertiary/aromatic N) is 1. The van der Waals surface area contributed by atoms with Crippen LogP contribution in [0.5, 0.6) is 0 Å². The van der Waals surface area contributed by atoms with Crippen molar-refractivity contribution in [3.63, 3.8) is 0 Å². The molecule has 0 amide bonds. The fourth-order valence-electron chi connectivity index (χ4n) is 3.13. The predicted octanol–water partition coefficient (Wildman–Crippen LogP) is 3.76. The Kier molecular flexibility index (Phi) is 6.52. The largest absolute Gasteiger partial charge is 0.382 e. The molecule has 0 saturated carbocycles. The maximum Gasteiger partial charge on any atom is 0.0736 e. The third-order valence-corrected chi connectivity index (χ3v) is 4.65. The second-order valence-electron chi connectivity index (χ2n) is 6.00. The Labute approximate surface area is 129 Å². The first-order valence-electron chi connectivity index (χ1n) is 8.39. The summed E-state index contributed by atoms with van der Waals surface area (Å²) in [5.41, 5.74) is 2.49. The topological polar surface area (TPSA) is 24.5 Å². The van der Waals surface area contributed by atoms with Gasteiger partial charge in [-0.05, 0) is 58.3 Å². The molecule has 1 atom stereocenters. The van der Waals surface area contributed by atoms with Crippen LogP contribution in [0.15, 0.2) is 24.3 Å². The lowest BCUT2D eigenvalue weighted by molar-refractivity contribution is 0.134. The van der Waals surface area contributed by atoms with Crippen molar-refractivity contribution in [2.75, 3.05) is 31.6 Å². The third kappa shape index (κ3) is 4.72. The number of ether oxygens (including phenoxy) is 1. The summed E-state index contributed by atoms with van der Waals surface area (Å²) < 4.78 is 5.57. The lowest BCUT2D eigenvalue weighted by atomic mass is 9.90. The van der Waals surface area contributed by atoms with E-state index >= 15 is 0 Å². The van der Waals surface area contributed by atoms with Crippen molar-refractivity contribution >= 4 is 5.69 Å². The minimum absolute atomic E-state index is 0.520. The molecule has 21 heavy (non-hydrogen) atoms. The van der Waals surface area contributed by atoms with E-state index < -0.39 is 0 Å². The second-order valence-corrected chi connectivity index (χ2v) is 6.00. The molecule has 1 saturated heterocycles. The molecule has 0 aromatic heterocycles. The van der Waals surface area contributed by atoms with Crippen LogP contribution in [0.2, 0.25) is 0 Å². The molecule has 1 aliphatic heterocycles. The van der Waals surface area contributed by atoms with Gasteiger partial charge in [0.25, 0.3) is 0 Å². The smallest absolute Gasteiger partial charge is 0.0736 e. The summed E-state index contributed by atoms with van der Waals surface area (Å²) in [7, 11) is 0. The highest BCUT2D eigenvalue weighted by atomic mass is 16.5. The Bertz CT molecular complexity index is 413. The third-order valence-electron chi connectivity index (χ3n) is 4.65. The minimum atomic E-state index is 0.520. The van der Waals surface area contributed by atoms with Gasteiger partial charge in [0.05, 0.1) is 6.61 Å². The van der Waals surface area contributed by atoms with Crippen LogP contribution >= 0.6 is 0 Å². The van der Waals surface area contributed by atoms with E-state index in [1.807, 2.05) is 6.92 Å². The minimum Gasteiger partial charge on any atom is -0.382 e. The monoisotopic (exact) mass is 290 g/mol. The number of hydrogen-bond acceptors (Lipinski definition) is 3. The molecule has 0 bridgehead atoms. The van der Waals surface area contributed by atoms with E-state index in [4.69, 9.17) is 4.74 Å². The first-order chi connectivity index (χ1) is 10.2. The highest BCUT2D eigenvalue weighted by Crippen LogP contribution is 2.25. The molecule has 118 valence electrons. The lowest BCUT2D eigenvalue weighted by Crippen LogP contribution is -2.39. The van der Waals surface area contributed by atoms with E-state index in [1.165, 1.54) is 43.7 Å². The van der Waals surface area contributed by atoms with Crippen LogP contribution in [0, 0.1) is 5.92 Å². The van der Waals surface area contributed by atoms with Gasteiger partial charge in [-0.2, -0.15) is 0 Å². The summed E-state index contributed by atoms with van der Waals surface area (Å²) in [5.74, 6) is 0.771. The van der Waals surface area contributed by atoms with Crippen molar-refractivity contribution in [2.24, 2.45) is 5.92 Å². The van der Waals surface area contributed by atoms with Crippen LogP contribution in [0.25, 0.3) is 0 Å². The average Bonchev–Trinajstić information content (AvgIpc) is 2.54. The molecule has 2 rings (SSSR count). The maximum absolute atomic E-state index is 5.57. The van der Waals surface area contributed by atoms with Crippen LogP contribution in [-0.4, -0.2) is 37.2 Å². The van der Waals surface area contributed by atoms with E-state index in [2.05, 4.69) is 48.3 Å². The Morgan fingerprint density at radius 1 is 1.24 bits per heavy atom. The first kappa shape index (κ1) is 16.3. The van der Waals surface area contributed by atoms with Gasteiger partial charge in [-0.15, -0.1) is 0 Å². The molecule has 0 spiro atoms. The first-order valence-corrected chi connectivity index (χ1v) is 8.39. The highest BCUT2D eigenvalue weighted by molar-refractivity contribution is 5.51. The van der Waals surface area contributed by atoms with Crippen LogP contribution < -0.4 is 5.32 Å². The number of anilines is 1. The van der Waals surface area contributed by atoms with Crippen molar-refractivity contribution in [2.45, 2.75) is 46.3 Å². The molecule has 1 heterocycles. The highest BCUT2D eigenvalue weighted by Gasteiger charge is 2.23. The lowest BCUT2D eigenvalue weighted by Gasteiger charge is -2.35. The van der Waals surface area contributed by atoms with Crippen LogP contribution in [-0.2, 0) is 11.3 Å². The molecule has 1 unspecified atom stereocenters. The SMILES string of the molecule is CCOCc1ccccc1NC(C)C1CCN(CC)CC1. The van der Waals surface area contributed by atoms with Gasteiger partial charge in [-0.25, -0.2) is 0 Å². The quantitative estimate of drug-likeness (QED) is 0.827. The molecular weight excluding hydrogens is 260 g/mol. The van der Waals surface area contributed by atoms with Gasteiger partial charge in [0.2, 0.25) is 0 Å². The zero-order valence-electron chi connectivity index (χ0n) is 13.8. The van der Waals surface area contributed by atoms with Gasteiger partial charge >= 0.3 is 0 Å². The fourth-order valence-corrected chi connectivity index (χ4v) is 3.13. The van der Waals surface area contributed by atoms with Crippen molar-refractivity contribution < 1.29 is 4.74 Å². The number of rotatable bonds is 7. The molecular formula is C18H30N2O. The van der Waals surface area contributed by atoms with E-state index in [0.717, 1.165) is 12.5 Å². The van der Waals surface area contributed by atoms with Crippen LogP contribution in [0.1, 0.15) is 39.2 Å². The molecule has 1 aromatic carbocycles. The summed E-state index contributed by atoms with van der Waals surface area (Å²) in [4.78, 5) is 2.55. The number of hydrogen-bond donors (Lipinski definition) is 1. The summed E-state index contributed by atoms with van der Waals surface area (Å²) in [6, 6.07) is 9.04. The zero-order chi connectivity index (χ0) is 15.1. The molecule has 0 aliphatic carbocycles. The molecule has 3 nitrogen and oxygen atoms in total. The standard InChI is InChI=1S/C18H30N2O/c1-4-20-12-10-16(11-13-20)15(3)19-18-9-7-6-8-17(18)14-21-5-2/h6-9,15-16,19H,4-5,10-14H2,1-3H3. The van der Waals surface area contributed by atoms with E-state index in [-0.39, 0.29) is 0 Å². The van der Waals surface area contributed by atoms with Gasteiger partial charge in [0.1, 0.15) is 0 Å².